The summed E-state index contributed by atoms with van der Waals surface area (Å²) >= 11 is 0. The molecule has 1 aromatic heterocycles. The third kappa shape index (κ3) is 2.58. The summed E-state index contributed by atoms with van der Waals surface area (Å²) in [6, 6.07) is 7.35. The molecule has 0 spiro atoms. The second-order valence-electron chi connectivity index (χ2n) is 3.84. The Labute approximate surface area is 101 Å². The monoisotopic (exact) mass is 253 g/mol. The van der Waals surface area contributed by atoms with Crippen LogP contribution in [-0.4, -0.2) is 9.97 Å². The predicted molar refractivity (Wildman–Crippen MR) is 61.6 cm³/mol. The fourth-order valence-corrected chi connectivity index (χ4v) is 1.52. The minimum absolute atomic E-state index is 0.0228. The van der Waals surface area contributed by atoms with Crippen LogP contribution in [0.1, 0.15) is 11.4 Å². The van der Waals surface area contributed by atoms with Gasteiger partial charge in [0.15, 0.2) is 5.82 Å². The Balaban J connectivity index is 2.55. The molecule has 0 aliphatic rings. The van der Waals surface area contributed by atoms with Crippen LogP contribution in [0.2, 0.25) is 0 Å². The van der Waals surface area contributed by atoms with Crippen LogP contribution in [0.15, 0.2) is 30.3 Å². The van der Waals surface area contributed by atoms with Crippen LogP contribution in [0.3, 0.4) is 0 Å². The topological polar surface area (TPSA) is 51.8 Å². The number of halogens is 3. The zero-order valence-corrected chi connectivity index (χ0v) is 9.49. The van der Waals surface area contributed by atoms with Crippen molar-refractivity contribution in [2.24, 2.45) is 0 Å². The van der Waals surface area contributed by atoms with Gasteiger partial charge in [0.25, 0.3) is 0 Å². The van der Waals surface area contributed by atoms with Crippen molar-refractivity contribution in [1.29, 1.82) is 0 Å². The molecule has 1 heterocycles. The second-order valence-corrected chi connectivity index (χ2v) is 3.84. The van der Waals surface area contributed by atoms with Gasteiger partial charge in [-0.25, -0.2) is 9.97 Å². The highest BCUT2D eigenvalue weighted by atomic mass is 19.4. The second kappa shape index (κ2) is 4.29. The smallest absolute Gasteiger partial charge is 0.399 e. The molecule has 3 nitrogen and oxygen atoms in total. The van der Waals surface area contributed by atoms with E-state index in [1.807, 2.05) is 0 Å². The van der Waals surface area contributed by atoms with E-state index in [1.165, 1.54) is 13.0 Å². The fraction of sp³-hybridized carbons (Fsp3) is 0.167. The summed E-state index contributed by atoms with van der Waals surface area (Å²) in [6.07, 6.45) is -4.48. The number of hydrogen-bond donors (Lipinski definition) is 1. The summed E-state index contributed by atoms with van der Waals surface area (Å²) in [5, 5.41) is 0. The Morgan fingerprint density at radius 1 is 1.11 bits per heavy atom. The molecular weight excluding hydrogens is 243 g/mol. The van der Waals surface area contributed by atoms with E-state index in [-0.39, 0.29) is 11.5 Å². The van der Waals surface area contributed by atoms with Crippen molar-refractivity contribution >= 4 is 5.69 Å². The number of nitrogens with zero attached hydrogens (tertiary/aromatic N) is 2. The summed E-state index contributed by atoms with van der Waals surface area (Å²) < 4.78 is 37.9. The molecule has 0 saturated carbocycles. The van der Waals surface area contributed by atoms with Crippen LogP contribution >= 0.6 is 0 Å². The molecule has 0 atom stereocenters. The maximum Gasteiger partial charge on any atom is 0.433 e. The standard InChI is InChI=1S/C12H10F3N3/c1-7-5-10(12(13,14)15)18-11(17-7)8-3-2-4-9(16)6-8/h2-6H,16H2,1H3. The number of rotatable bonds is 1. The maximum absolute atomic E-state index is 12.6. The van der Waals surface area contributed by atoms with E-state index in [0.717, 1.165) is 6.07 Å². The number of nitrogens with two attached hydrogens (primary N) is 1. The van der Waals surface area contributed by atoms with E-state index in [4.69, 9.17) is 5.73 Å². The Hall–Kier alpha value is -2.11. The van der Waals surface area contributed by atoms with Crippen LogP contribution in [-0.2, 0) is 6.18 Å². The minimum atomic E-state index is -4.48. The predicted octanol–water partition coefficient (Wildman–Crippen LogP) is 3.05. The van der Waals surface area contributed by atoms with E-state index in [9.17, 15) is 13.2 Å². The Bertz CT molecular complexity index is 579. The molecule has 0 aliphatic heterocycles. The molecule has 94 valence electrons. The van der Waals surface area contributed by atoms with Gasteiger partial charge in [-0.05, 0) is 25.1 Å². The van der Waals surface area contributed by atoms with Gasteiger partial charge in [0.2, 0.25) is 0 Å². The largest absolute Gasteiger partial charge is 0.433 e. The van der Waals surface area contributed by atoms with Crippen molar-refractivity contribution in [3.63, 3.8) is 0 Å². The average Bonchev–Trinajstić information content (AvgIpc) is 2.27. The van der Waals surface area contributed by atoms with Crippen molar-refractivity contribution in [1.82, 2.24) is 9.97 Å². The maximum atomic E-state index is 12.6. The number of anilines is 1. The summed E-state index contributed by atoms with van der Waals surface area (Å²) in [5.41, 5.74) is 5.80. The normalized spacial score (nSPS) is 11.6. The van der Waals surface area contributed by atoms with Crippen LogP contribution in [0.5, 0.6) is 0 Å². The Kier molecular flexibility index (Phi) is 2.94. The van der Waals surface area contributed by atoms with Crippen LogP contribution < -0.4 is 5.73 Å². The average molecular weight is 253 g/mol. The first-order chi connectivity index (χ1) is 8.36. The van der Waals surface area contributed by atoms with Crippen molar-refractivity contribution < 1.29 is 13.2 Å². The van der Waals surface area contributed by atoms with Gasteiger partial charge in [0.1, 0.15) is 5.69 Å². The van der Waals surface area contributed by atoms with Gasteiger partial charge >= 0.3 is 6.18 Å². The van der Waals surface area contributed by atoms with E-state index in [0.29, 0.717) is 11.3 Å². The molecule has 0 amide bonds. The lowest BCUT2D eigenvalue weighted by molar-refractivity contribution is -0.141. The molecule has 2 N–H and O–H groups in total. The molecule has 0 unspecified atom stereocenters. The van der Waals surface area contributed by atoms with Gasteiger partial charge in [0, 0.05) is 16.9 Å². The number of aryl methyl sites for hydroxylation is 1. The molecule has 0 fully saturated rings. The van der Waals surface area contributed by atoms with Crippen molar-refractivity contribution in [3.8, 4) is 11.4 Å². The Morgan fingerprint density at radius 2 is 1.83 bits per heavy atom. The van der Waals surface area contributed by atoms with Gasteiger partial charge in [0.05, 0.1) is 0 Å². The Morgan fingerprint density at radius 3 is 2.44 bits per heavy atom. The molecule has 0 radical (unpaired) electrons. The first kappa shape index (κ1) is 12.3. The third-order valence-corrected chi connectivity index (χ3v) is 2.29. The molecule has 18 heavy (non-hydrogen) atoms. The molecule has 2 rings (SSSR count). The quantitative estimate of drug-likeness (QED) is 0.795. The highest BCUT2D eigenvalue weighted by Crippen LogP contribution is 2.29. The third-order valence-electron chi connectivity index (χ3n) is 2.29. The number of alkyl halides is 3. The van der Waals surface area contributed by atoms with Gasteiger partial charge in [-0.1, -0.05) is 12.1 Å². The highest BCUT2D eigenvalue weighted by Gasteiger charge is 2.33. The first-order valence-corrected chi connectivity index (χ1v) is 5.15. The van der Waals surface area contributed by atoms with Gasteiger partial charge < -0.3 is 5.73 Å². The number of aromatic nitrogens is 2. The molecule has 0 bridgehead atoms. The first-order valence-electron chi connectivity index (χ1n) is 5.15. The molecular formula is C12H10F3N3. The van der Waals surface area contributed by atoms with E-state index in [2.05, 4.69) is 9.97 Å². The molecule has 6 heteroatoms. The SMILES string of the molecule is Cc1cc(C(F)(F)F)nc(-c2cccc(N)c2)n1. The highest BCUT2D eigenvalue weighted by molar-refractivity contribution is 5.61. The van der Waals surface area contributed by atoms with Crippen molar-refractivity contribution in [3.05, 3.63) is 41.7 Å². The minimum Gasteiger partial charge on any atom is -0.399 e. The number of nitrogen functional groups attached to an aromatic ring is 1. The lowest BCUT2D eigenvalue weighted by atomic mass is 10.2. The molecule has 0 saturated heterocycles. The fourth-order valence-electron chi connectivity index (χ4n) is 1.52. The van der Waals surface area contributed by atoms with Crippen molar-refractivity contribution in [2.45, 2.75) is 13.1 Å². The van der Waals surface area contributed by atoms with E-state index < -0.39 is 11.9 Å². The molecule has 1 aromatic carbocycles. The summed E-state index contributed by atoms with van der Waals surface area (Å²) in [7, 11) is 0. The zero-order valence-electron chi connectivity index (χ0n) is 9.49. The summed E-state index contributed by atoms with van der Waals surface area (Å²) in [5.74, 6) is 0.0228. The van der Waals surface area contributed by atoms with Gasteiger partial charge in [-0.3, -0.25) is 0 Å². The van der Waals surface area contributed by atoms with Gasteiger partial charge in [-0.2, -0.15) is 13.2 Å². The van der Waals surface area contributed by atoms with Crippen LogP contribution in [0, 0.1) is 6.92 Å². The zero-order chi connectivity index (χ0) is 13.3. The summed E-state index contributed by atoms with van der Waals surface area (Å²) in [4.78, 5) is 7.52. The lowest BCUT2D eigenvalue weighted by Gasteiger charge is -2.09. The van der Waals surface area contributed by atoms with E-state index >= 15 is 0 Å². The molecule has 0 aliphatic carbocycles. The van der Waals surface area contributed by atoms with Crippen LogP contribution in [0.25, 0.3) is 11.4 Å². The van der Waals surface area contributed by atoms with Crippen LogP contribution in [0.4, 0.5) is 18.9 Å². The van der Waals surface area contributed by atoms with Crippen molar-refractivity contribution in [2.75, 3.05) is 5.73 Å². The molecule has 2 aromatic rings. The van der Waals surface area contributed by atoms with E-state index in [1.54, 1.807) is 18.2 Å². The van der Waals surface area contributed by atoms with Gasteiger partial charge in [-0.15, -0.1) is 0 Å². The summed E-state index contributed by atoms with van der Waals surface area (Å²) in [6.45, 7) is 1.49. The lowest BCUT2D eigenvalue weighted by Crippen LogP contribution is -2.10. The number of hydrogen-bond acceptors (Lipinski definition) is 3. The number of benzene rings is 1.